The third kappa shape index (κ3) is 6.94. The molecule has 4 aliphatic rings. The number of nitrogens with one attached hydrogen (secondary N) is 2. The van der Waals surface area contributed by atoms with Gasteiger partial charge >= 0.3 is 0 Å². The number of carbonyl (C=O) groups is 3. The molecule has 2 amide bonds. The number of piperidine rings is 2. The van der Waals surface area contributed by atoms with Crippen LogP contribution in [0.2, 0.25) is 0 Å². The predicted octanol–water partition coefficient (Wildman–Crippen LogP) is 5.31. The molecule has 2 N–H and O–H groups in total. The molecule has 1 saturated carbocycles. The number of ketones is 1. The van der Waals surface area contributed by atoms with Crippen LogP contribution in [0.15, 0.2) is 53.6 Å². The normalized spacial score (nSPS) is 21.1. The SMILES string of the molecule is CC(=O)c1c(C)c2cnc(Nc3ccc(N4CCC(N5CC(F)(Cc6ccc(C7CCC(=O)NC7=O)cc6)C5)CC4)cn3)nc2n(C2CCCC2)c1=O. The van der Waals surface area contributed by atoms with Crippen LogP contribution in [0.25, 0.3) is 11.0 Å². The first kappa shape index (κ1) is 35.0. The number of aryl methyl sites for hydroxylation is 1. The second kappa shape index (κ2) is 14.1. The summed E-state index contributed by atoms with van der Waals surface area (Å²) in [4.78, 5) is 68.2. The van der Waals surface area contributed by atoms with Gasteiger partial charge in [0.25, 0.3) is 5.56 Å². The number of aromatic nitrogens is 4. The number of pyridine rings is 2. The molecule has 6 heterocycles. The van der Waals surface area contributed by atoms with E-state index in [1.54, 1.807) is 17.7 Å². The Morgan fingerprint density at radius 1 is 0.943 bits per heavy atom. The molecule has 1 aliphatic carbocycles. The largest absolute Gasteiger partial charge is 0.370 e. The number of benzene rings is 1. The van der Waals surface area contributed by atoms with Crippen molar-refractivity contribution in [1.29, 1.82) is 0 Å². The van der Waals surface area contributed by atoms with E-state index in [0.717, 1.165) is 68.4 Å². The van der Waals surface area contributed by atoms with E-state index in [4.69, 9.17) is 4.98 Å². The summed E-state index contributed by atoms with van der Waals surface area (Å²) >= 11 is 0. The van der Waals surface area contributed by atoms with E-state index in [0.29, 0.717) is 66.8 Å². The molecule has 1 aromatic carbocycles. The highest BCUT2D eigenvalue weighted by Crippen LogP contribution is 2.36. The summed E-state index contributed by atoms with van der Waals surface area (Å²) in [7, 11) is 0. The maximum absolute atomic E-state index is 15.7. The summed E-state index contributed by atoms with van der Waals surface area (Å²) in [5, 5.41) is 6.31. The molecule has 53 heavy (non-hydrogen) atoms. The summed E-state index contributed by atoms with van der Waals surface area (Å²) in [6.07, 6.45) is 10.4. The maximum Gasteiger partial charge on any atom is 0.263 e. The molecule has 3 aromatic heterocycles. The minimum atomic E-state index is -1.26. The van der Waals surface area contributed by atoms with E-state index in [2.05, 4.69) is 30.4 Å². The van der Waals surface area contributed by atoms with Gasteiger partial charge < -0.3 is 10.2 Å². The third-order valence-corrected chi connectivity index (χ3v) is 11.7. The van der Waals surface area contributed by atoms with Crippen molar-refractivity contribution in [3.05, 3.63) is 81.4 Å². The highest BCUT2D eigenvalue weighted by molar-refractivity contribution is 6.01. The Morgan fingerprint density at radius 2 is 1.68 bits per heavy atom. The standard InChI is InChI=1S/C40H45FN8O4/c1-24-32-21-43-39(46-36(32)49(29-5-3-4-6-29)38(53)35(24)25(2)50)44-33-13-11-30(20-42-33)47-17-15-28(16-18-47)48-22-40(41,23-48)19-26-7-9-27(10-8-26)31-12-14-34(51)45-37(31)52/h7-11,13,20-21,28-29,31H,3-6,12,14-19,22-23H2,1-2H3,(H,45,51,52)(H,42,43,44,46). The molecular weight excluding hydrogens is 675 g/mol. The number of rotatable bonds is 9. The fraction of sp³-hybridized carbons (Fsp3) is 0.475. The molecule has 0 spiro atoms. The first-order valence-corrected chi connectivity index (χ1v) is 18.8. The van der Waals surface area contributed by atoms with Crippen LogP contribution in [-0.2, 0) is 16.0 Å². The first-order valence-electron chi connectivity index (χ1n) is 18.8. The summed E-state index contributed by atoms with van der Waals surface area (Å²) in [6.45, 7) is 5.75. The molecule has 13 heteroatoms. The molecule has 4 fully saturated rings. The van der Waals surface area contributed by atoms with Gasteiger partial charge in [-0.2, -0.15) is 4.98 Å². The van der Waals surface area contributed by atoms with Crippen molar-refractivity contribution in [3.63, 3.8) is 0 Å². The summed E-state index contributed by atoms with van der Waals surface area (Å²) in [6, 6.07) is 11.9. The molecule has 1 atom stereocenters. The highest BCUT2D eigenvalue weighted by Gasteiger charge is 2.46. The molecule has 12 nitrogen and oxygen atoms in total. The van der Waals surface area contributed by atoms with Crippen molar-refractivity contribution in [2.75, 3.05) is 36.4 Å². The average molecular weight is 721 g/mol. The zero-order chi connectivity index (χ0) is 36.9. The van der Waals surface area contributed by atoms with Gasteiger partial charge in [0.15, 0.2) is 5.78 Å². The van der Waals surface area contributed by atoms with Crippen LogP contribution in [0, 0.1) is 6.92 Å². The highest BCUT2D eigenvalue weighted by atomic mass is 19.1. The van der Waals surface area contributed by atoms with Gasteiger partial charge in [0.1, 0.15) is 17.1 Å². The molecular formula is C40H45FN8O4. The summed E-state index contributed by atoms with van der Waals surface area (Å²) in [5.74, 6) is -0.150. The van der Waals surface area contributed by atoms with Crippen LogP contribution in [0.4, 0.5) is 21.8 Å². The first-order chi connectivity index (χ1) is 25.5. The van der Waals surface area contributed by atoms with Gasteiger partial charge in [-0.3, -0.25) is 34.0 Å². The number of anilines is 3. The lowest BCUT2D eigenvalue weighted by Gasteiger charge is -2.50. The maximum atomic E-state index is 15.7. The number of carbonyl (C=O) groups excluding carboxylic acids is 3. The number of alkyl halides is 1. The zero-order valence-electron chi connectivity index (χ0n) is 30.2. The number of fused-ring (bicyclic) bond motifs is 1. The quantitative estimate of drug-likeness (QED) is 0.173. The van der Waals surface area contributed by atoms with E-state index in [9.17, 15) is 19.2 Å². The van der Waals surface area contributed by atoms with E-state index in [-0.39, 0.29) is 40.7 Å². The molecule has 276 valence electrons. The number of Topliss-reactive ketones (excluding diaryl/α,β-unsaturated/α-hetero) is 1. The van der Waals surface area contributed by atoms with Gasteiger partial charge in [-0.15, -0.1) is 0 Å². The predicted molar refractivity (Wildman–Crippen MR) is 199 cm³/mol. The molecule has 3 saturated heterocycles. The second-order valence-corrected chi connectivity index (χ2v) is 15.3. The molecule has 3 aliphatic heterocycles. The fourth-order valence-corrected chi connectivity index (χ4v) is 8.86. The summed E-state index contributed by atoms with van der Waals surface area (Å²) < 4.78 is 17.4. The van der Waals surface area contributed by atoms with Crippen LogP contribution >= 0.6 is 0 Å². The zero-order valence-corrected chi connectivity index (χ0v) is 30.2. The molecule has 0 bridgehead atoms. The van der Waals surface area contributed by atoms with Crippen LogP contribution in [-0.4, -0.2) is 79.9 Å². The number of hydrogen-bond acceptors (Lipinski definition) is 10. The van der Waals surface area contributed by atoms with Gasteiger partial charge in [0.2, 0.25) is 17.8 Å². The lowest BCUT2D eigenvalue weighted by molar-refractivity contribution is -0.134. The average Bonchev–Trinajstić information content (AvgIpc) is 3.66. The number of likely N-dealkylation sites (tertiary alicyclic amines) is 1. The summed E-state index contributed by atoms with van der Waals surface area (Å²) in [5.41, 5.74) is 2.61. The fourth-order valence-electron chi connectivity index (χ4n) is 8.86. The van der Waals surface area contributed by atoms with Crippen molar-refractivity contribution in [1.82, 2.24) is 29.7 Å². The lowest BCUT2D eigenvalue weighted by Crippen LogP contribution is -2.64. The smallest absolute Gasteiger partial charge is 0.263 e. The number of imide groups is 1. The van der Waals surface area contributed by atoms with Gasteiger partial charge in [-0.05, 0) is 74.8 Å². The van der Waals surface area contributed by atoms with E-state index in [1.807, 2.05) is 42.6 Å². The number of nitrogens with zero attached hydrogens (tertiary/aromatic N) is 6. The van der Waals surface area contributed by atoms with Crippen LogP contribution in [0.1, 0.15) is 97.3 Å². The minimum Gasteiger partial charge on any atom is -0.370 e. The Morgan fingerprint density at radius 3 is 2.34 bits per heavy atom. The molecule has 8 rings (SSSR count). The van der Waals surface area contributed by atoms with E-state index in [1.165, 1.54) is 6.92 Å². The Labute approximate surface area is 307 Å². The van der Waals surface area contributed by atoms with Crippen molar-refractivity contribution in [2.45, 2.75) is 95.3 Å². The van der Waals surface area contributed by atoms with Gasteiger partial charge in [-0.25, -0.2) is 14.4 Å². The minimum absolute atomic E-state index is 0.00618. The lowest BCUT2D eigenvalue weighted by atomic mass is 9.84. The van der Waals surface area contributed by atoms with Crippen LogP contribution < -0.4 is 21.1 Å². The van der Waals surface area contributed by atoms with Crippen LogP contribution in [0.3, 0.4) is 0 Å². The van der Waals surface area contributed by atoms with E-state index >= 15 is 4.39 Å². The van der Waals surface area contributed by atoms with Crippen molar-refractivity contribution in [2.24, 2.45) is 0 Å². The Balaban J connectivity index is 0.855. The Kier molecular flexibility index (Phi) is 9.30. The number of amides is 2. The van der Waals surface area contributed by atoms with Crippen molar-refractivity contribution < 1.29 is 18.8 Å². The van der Waals surface area contributed by atoms with E-state index < -0.39 is 5.67 Å². The topological polar surface area (TPSA) is 142 Å². The Hall–Kier alpha value is -5.04. The number of halogens is 1. The van der Waals surface area contributed by atoms with Crippen molar-refractivity contribution in [3.8, 4) is 0 Å². The second-order valence-electron chi connectivity index (χ2n) is 15.3. The monoisotopic (exact) mass is 720 g/mol. The van der Waals surface area contributed by atoms with Gasteiger partial charge in [-0.1, -0.05) is 37.1 Å². The molecule has 1 unspecified atom stereocenters. The van der Waals surface area contributed by atoms with Crippen LogP contribution in [0.5, 0.6) is 0 Å². The van der Waals surface area contributed by atoms with Gasteiger partial charge in [0, 0.05) is 62.7 Å². The Bertz CT molecular complexity index is 2120. The number of hydrogen-bond donors (Lipinski definition) is 2. The van der Waals surface area contributed by atoms with Gasteiger partial charge in [0.05, 0.1) is 23.4 Å². The molecule has 4 aromatic rings. The third-order valence-electron chi connectivity index (χ3n) is 11.7. The van der Waals surface area contributed by atoms with Crippen molar-refractivity contribution >= 4 is 46.1 Å². The molecule has 0 radical (unpaired) electrons.